The SMILES string of the molecule is CC(=O)N1/C(=C/c2ccc3cc(CCC(=O)N4CCOCC4)ccc3n2)C(=O)c2ccccc21. The molecule has 172 valence electrons. The van der Waals surface area contributed by atoms with E-state index < -0.39 is 0 Å². The number of rotatable bonds is 4. The number of ether oxygens (including phenoxy) is 1. The monoisotopic (exact) mass is 455 g/mol. The van der Waals surface area contributed by atoms with Gasteiger partial charge in [0.05, 0.1) is 35.8 Å². The summed E-state index contributed by atoms with van der Waals surface area (Å²) < 4.78 is 5.31. The third-order valence-electron chi connectivity index (χ3n) is 6.23. The highest BCUT2D eigenvalue weighted by Crippen LogP contribution is 2.35. The lowest BCUT2D eigenvalue weighted by Gasteiger charge is -2.26. The van der Waals surface area contributed by atoms with Gasteiger partial charge in [-0.3, -0.25) is 19.3 Å². The highest BCUT2D eigenvalue weighted by atomic mass is 16.5. The fourth-order valence-corrected chi connectivity index (χ4v) is 4.49. The number of anilines is 1. The van der Waals surface area contributed by atoms with Crippen molar-refractivity contribution in [1.82, 2.24) is 9.88 Å². The molecule has 0 saturated carbocycles. The largest absolute Gasteiger partial charge is 0.378 e. The van der Waals surface area contributed by atoms with Crippen molar-refractivity contribution in [3.8, 4) is 0 Å². The summed E-state index contributed by atoms with van der Waals surface area (Å²) in [5.74, 6) is -0.254. The van der Waals surface area contributed by atoms with Crippen LogP contribution in [-0.4, -0.2) is 53.8 Å². The molecule has 2 amide bonds. The zero-order valence-corrected chi connectivity index (χ0v) is 19.0. The van der Waals surface area contributed by atoms with E-state index in [2.05, 4.69) is 4.98 Å². The van der Waals surface area contributed by atoms with Gasteiger partial charge in [0.15, 0.2) is 0 Å². The van der Waals surface area contributed by atoms with Crippen LogP contribution < -0.4 is 4.90 Å². The fraction of sp³-hybridized carbons (Fsp3) is 0.259. The number of ketones is 1. The second-order valence-electron chi connectivity index (χ2n) is 8.49. The number of amides is 2. The second-order valence-corrected chi connectivity index (χ2v) is 8.49. The topological polar surface area (TPSA) is 79.8 Å². The number of carbonyl (C=O) groups is 3. The summed E-state index contributed by atoms with van der Waals surface area (Å²) >= 11 is 0. The van der Waals surface area contributed by atoms with Crippen molar-refractivity contribution in [3.63, 3.8) is 0 Å². The lowest BCUT2D eigenvalue weighted by Crippen LogP contribution is -2.40. The van der Waals surface area contributed by atoms with Crippen LogP contribution in [0.3, 0.4) is 0 Å². The van der Waals surface area contributed by atoms with Gasteiger partial charge in [-0.2, -0.15) is 0 Å². The minimum atomic E-state index is -0.221. The molecule has 3 aromatic rings. The molecular weight excluding hydrogens is 430 g/mol. The average Bonchev–Trinajstić information content (AvgIpc) is 3.14. The maximum absolute atomic E-state index is 12.9. The molecule has 0 aliphatic carbocycles. The molecule has 7 nitrogen and oxygen atoms in total. The van der Waals surface area contributed by atoms with Crippen molar-refractivity contribution in [3.05, 3.63) is 77.1 Å². The maximum atomic E-state index is 12.9. The lowest BCUT2D eigenvalue weighted by molar-refractivity contribution is -0.135. The first-order valence-corrected chi connectivity index (χ1v) is 11.4. The predicted octanol–water partition coefficient (Wildman–Crippen LogP) is 3.62. The van der Waals surface area contributed by atoms with Crippen LogP contribution >= 0.6 is 0 Å². The first-order chi connectivity index (χ1) is 16.5. The summed E-state index contributed by atoms with van der Waals surface area (Å²) in [5, 5.41) is 0.961. The van der Waals surface area contributed by atoms with Crippen molar-refractivity contribution in [1.29, 1.82) is 0 Å². The van der Waals surface area contributed by atoms with Gasteiger partial charge in [0, 0.05) is 37.4 Å². The van der Waals surface area contributed by atoms with Crippen molar-refractivity contribution < 1.29 is 19.1 Å². The molecule has 3 heterocycles. The number of nitrogens with zero attached hydrogens (tertiary/aromatic N) is 3. The Morgan fingerprint density at radius 2 is 1.85 bits per heavy atom. The molecule has 2 aliphatic heterocycles. The Balaban J connectivity index is 1.35. The van der Waals surface area contributed by atoms with Crippen LogP contribution in [0.25, 0.3) is 17.0 Å². The summed E-state index contributed by atoms with van der Waals surface area (Å²) in [7, 11) is 0. The van der Waals surface area contributed by atoms with E-state index in [0.717, 1.165) is 16.5 Å². The molecule has 7 heteroatoms. The molecule has 0 radical (unpaired) electrons. The van der Waals surface area contributed by atoms with Gasteiger partial charge in [0.1, 0.15) is 0 Å². The smallest absolute Gasteiger partial charge is 0.228 e. The number of morpholine rings is 1. The van der Waals surface area contributed by atoms with Crippen LogP contribution in [0.1, 0.15) is 35.0 Å². The summed E-state index contributed by atoms with van der Waals surface area (Å²) in [6.07, 6.45) is 2.79. The van der Waals surface area contributed by atoms with Crippen LogP contribution in [0.5, 0.6) is 0 Å². The van der Waals surface area contributed by atoms with Gasteiger partial charge in [-0.15, -0.1) is 0 Å². The number of aromatic nitrogens is 1. The molecule has 1 fully saturated rings. The number of fused-ring (bicyclic) bond motifs is 2. The first kappa shape index (κ1) is 22.0. The molecule has 5 rings (SSSR count). The highest BCUT2D eigenvalue weighted by Gasteiger charge is 2.34. The van der Waals surface area contributed by atoms with E-state index in [-0.39, 0.29) is 17.6 Å². The summed E-state index contributed by atoms with van der Waals surface area (Å²) in [6, 6.07) is 16.9. The molecule has 2 aliphatic rings. The van der Waals surface area contributed by atoms with Gasteiger partial charge in [-0.05, 0) is 48.4 Å². The zero-order chi connectivity index (χ0) is 23.7. The van der Waals surface area contributed by atoms with Gasteiger partial charge >= 0.3 is 0 Å². The Kier molecular flexibility index (Phi) is 5.94. The second kappa shape index (κ2) is 9.19. The number of hydrogen-bond donors (Lipinski definition) is 0. The number of Topliss-reactive ketones (excluding diaryl/α,β-unsaturated/α-hetero) is 1. The molecule has 0 spiro atoms. The Bertz CT molecular complexity index is 1320. The number of para-hydroxylation sites is 1. The molecule has 34 heavy (non-hydrogen) atoms. The van der Waals surface area contributed by atoms with Crippen molar-refractivity contribution >= 4 is 40.3 Å². The van der Waals surface area contributed by atoms with Gasteiger partial charge in [0.25, 0.3) is 0 Å². The van der Waals surface area contributed by atoms with Crippen molar-refractivity contribution in [2.75, 3.05) is 31.2 Å². The number of pyridine rings is 1. The van der Waals surface area contributed by atoms with Gasteiger partial charge in [0.2, 0.25) is 17.6 Å². The van der Waals surface area contributed by atoms with E-state index in [0.29, 0.717) is 61.8 Å². The molecular formula is C27H25N3O4. The number of hydrogen-bond acceptors (Lipinski definition) is 5. The summed E-state index contributed by atoms with van der Waals surface area (Å²) in [4.78, 5) is 45.6. The number of carbonyl (C=O) groups excluding carboxylic acids is 3. The normalized spacial score (nSPS) is 16.9. The van der Waals surface area contributed by atoms with Crippen LogP contribution in [0.15, 0.2) is 60.3 Å². The highest BCUT2D eigenvalue weighted by molar-refractivity contribution is 6.26. The lowest BCUT2D eigenvalue weighted by atomic mass is 10.1. The van der Waals surface area contributed by atoms with E-state index in [1.54, 1.807) is 24.3 Å². The summed E-state index contributed by atoms with van der Waals surface area (Å²) in [6.45, 7) is 3.98. The fourth-order valence-electron chi connectivity index (χ4n) is 4.49. The van der Waals surface area contributed by atoms with Crippen LogP contribution in [-0.2, 0) is 20.7 Å². The Hall–Kier alpha value is -3.84. The standard InChI is InChI=1S/C27H25N3O4/c1-18(31)30-24-5-3-2-4-22(24)27(33)25(30)17-21-9-8-20-16-19(6-10-23(20)28-21)7-11-26(32)29-12-14-34-15-13-29/h2-6,8-10,16-17H,7,11-15H2,1H3/b25-17+. The Morgan fingerprint density at radius 1 is 1.06 bits per heavy atom. The van der Waals surface area contributed by atoms with E-state index in [1.807, 2.05) is 41.3 Å². The minimum Gasteiger partial charge on any atom is -0.378 e. The molecule has 0 unspecified atom stereocenters. The van der Waals surface area contributed by atoms with Crippen LogP contribution in [0.4, 0.5) is 5.69 Å². The van der Waals surface area contributed by atoms with E-state index in [9.17, 15) is 14.4 Å². The molecule has 1 aromatic heterocycles. The van der Waals surface area contributed by atoms with Crippen LogP contribution in [0.2, 0.25) is 0 Å². The quantitative estimate of drug-likeness (QED) is 0.562. The zero-order valence-electron chi connectivity index (χ0n) is 19.0. The molecule has 0 N–H and O–H groups in total. The van der Waals surface area contributed by atoms with E-state index in [1.165, 1.54) is 11.8 Å². The number of allylic oxidation sites excluding steroid dienone is 1. The third-order valence-corrected chi connectivity index (χ3v) is 6.23. The van der Waals surface area contributed by atoms with Gasteiger partial charge in [-0.25, -0.2) is 4.98 Å². The molecule has 0 atom stereocenters. The Labute approximate surface area is 197 Å². The molecule has 0 bridgehead atoms. The molecule has 1 saturated heterocycles. The van der Waals surface area contributed by atoms with E-state index >= 15 is 0 Å². The average molecular weight is 456 g/mol. The van der Waals surface area contributed by atoms with Crippen molar-refractivity contribution in [2.45, 2.75) is 19.8 Å². The van der Waals surface area contributed by atoms with Gasteiger partial charge in [-0.1, -0.05) is 24.3 Å². The van der Waals surface area contributed by atoms with Gasteiger partial charge < -0.3 is 9.64 Å². The molecule has 2 aromatic carbocycles. The predicted molar refractivity (Wildman–Crippen MR) is 129 cm³/mol. The number of benzene rings is 2. The van der Waals surface area contributed by atoms with Crippen LogP contribution in [0, 0.1) is 0 Å². The Morgan fingerprint density at radius 3 is 2.65 bits per heavy atom. The minimum absolute atomic E-state index is 0.153. The van der Waals surface area contributed by atoms with E-state index in [4.69, 9.17) is 4.74 Å². The number of aryl methyl sites for hydroxylation is 1. The maximum Gasteiger partial charge on any atom is 0.228 e. The third kappa shape index (κ3) is 4.22. The first-order valence-electron chi connectivity index (χ1n) is 11.4. The summed E-state index contributed by atoms with van der Waals surface area (Å²) in [5.41, 5.74) is 3.88. The van der Waals surface area contributed by atoms with Crippen molar-refractivity contribution in [2.24, 2.45) is 0 Å².